The Balaban J connectivity index is 2.33. The van der Waals surface area contributed by atoms with Crippen molar-refractivity contribution in [2.75, 3.05) is 23.4 Å². The highest BCUT2D eigenvalue weighted by Crippen LogP contribution is 2.29. The molecule has 0 fully saturated rings. The fraction of sp³-hybridized carbons (Fsp3) is 0.188. The van der Waals surface area contributed by atoms with Gasteiger partial charge >= 0.3 is 0 Å². The number of anilines is 2. The standard InChI is InChI=1S/C16H18N2O4S2/c1-11(19)17-15-8-7-14(10-16(15)22-2)24(20,21)18-12-5-4-6-13(9-12)23-3/h4-10,18H,1-3H3,(H,17,19). The van der Waals surface area contributed by atoms with Crippen LogP contribution in [0.2, 0.25) is 0 Å². The van der Waals surface area contributed by atoms with E-state index in [1.54, 1.807) is 18.2 Å². The highest BCUT2D eigenvalue weighted by Gasteiger charge is 2.17. The summed E-state index contributed by atoms with van der Waals surface area (Å²) in [7, 11) is -2.36. The number of ether oxygens (including phenoxy) is 1. The first-order valence-corrected chi connectivity index (χ1v) is 9.69. The van der Waals surface area contributed by atoms with E-state index in [0.717, 1.165) is 4.90 Å². The number of benzene rings is 2. The summed E-state index contributed by atoms with van der Waals surface area (Å²) in [5, 5.41) is 2.59. The maximum absolute atomic E-state index is 12.5. The zero-order valence-corrected chi connectivity index (χ0v) is 15.1. The van der Waals surface area contributed by atoms with Crippen LogP contribution in [0, 0.1) is 0 Å². The molecule has 2 N–H and O–H groups in total. The first-order chi connectivity index (χ1) is 11.4. The van der Waals surface area contributed by atoms with Gasteiger partial charge in [0.05, 0.1) is 17.7 Å². The number of sulfonamides is 1. The summed E-state index contributed by atoms with van der Waals surface area (Å²) in [6, 6.07) is 11.4. The van der Waals surface area contributed by atoms with Crippen molar-refractivity contribution < 1.29 is 17.9 Å². The number of carbonyl (C=O) groups is 1. The van der Waals surface area contributed by atoms with E-state index in [2.05, 4.69) is 10.0 Å². The van der Waals surface area contributed by atoms with Crippen LogP contribution in [0.5, 0.6) is 5.75 Å². The third kappa shape index (κ3) is 4.42. The lowest BCUT2D eigenvalue weighted by atomic mass is 10.3. The van der Waals surface area contributed by atoms with Gasteiger partial charge in [0, 0.05) is 23.6 Å². The number of carbonyl (C=O) groups excluding carboxylic acids is 1. The lowest BCUT2D eigenvalue weighted by molar-refractivity contribution is -0.114. The van der Waals surface area contributed by atoms with Gasteiger partial charge in [-0.15, -0.1) is 11.8 Å². The maximum Gasteiger partial charge on any atom is 0.262 e. The summed E-state index contributed by atoms with van der Waals surface area (Å²) in [6.07, 6.45) is 1.92. The smallest absolute Gasteiger partial charge is 0.262 e. The molecule has 0 saturated carbocycles. The number of methoxy groups -OCH3 is 1. The Morgan fingerprint density at radius 1 is 1.17 bits per heavy atom. The van der Waals surface area contributed by atoms with Crippen LogP contribution in [0.15, 0.2) is 52.3 Å². The molecule has 0 aliphatic carbocycles. The largest absolute Gasteiger partial charge is 0.495 e. The van der Waals surface area contributed by atoms with Crippen LogP contribution >= 0.6 is 11.8 Å². The zero-order valence-electron chi connectivity index (χ0n) is 13.5. The quantitative estimate of drug-likeness (QED) is 0.767. The number of hydrogen-bond donors (Lipinski definition) is 2. The number of thioether (sulfide) groups is 1. The average molecular weight is 366 g/mol. The summed E-state index contributed by atoms with van der Waals surface area (Å²) in [4.78, 5) is 12.2. The van der Waals surface area contributed by atoms with Gasteiger partial charge in [-0.05, 0) is 36.6 Å². The van der Waals surface area contributed by atoms with Crippen molar-refractivity contribution in [3.8, 4) is 5.75 Å². The van der Waals surface area contributed by atoms with Crippen LogP contribution in [0.3, 0.4) is 0 Å². The summed E-state index contributed by atoms with van der Waals surface area (Å²) < 4.78 is 32.8. The van der Waals surface area contributed by atoms with Gasteiger partial charge in [0.1, 0.15) is 5.75 Å². The summed E-state index contributed by atoms with van der Waals surface area (Å²) >= 11 is 1.52. The molecule has 2 aromatic carbocycles. The molecule has 0 bridgehead atoms. The molecule has 0 heterocycles. The number of amides is 1. The molecule has 0 saturated heterocycles. The molecule has 6 nitrogen and oxygen atoms in total. The minimum absolute atomic E-state index is 0.0445. The SMILES string of the molecule is COc1cc(S(=O)(=O)Nc2cccc(SC)c2)ccc1NC(C)=O. The van der Waals surface area contributed by atoms with E-state index < -0.39 is 10.0 Å². The highest BCUT2D eigenvalue weighted by molar-refractivity contribution is 7.98. The predicted octanol–water partition coefficient (Wildman–Crippen LogP) is 3.18. The second-order valence-corrected chi connectivity index (χ2v) is 7.44. The molecule has 2 rings (SSSR count). The molecule has 0 aliphatic heterocycles. The monoisotopic (exact) mass is 366 g/mol. The number of nitrogens with one attached hydrogen (secondary N) is 2. The molecule has 2 aromatic rings. The van der Waals surface area contributed by atoms with Gasteiger partial charge in [0.2, 0.25) is 5.91 Å². The van der Waals surface area contributed by atoms with E-state index >= 15 is 0 Å². The molecule has 128 valence electrons. The molecule has 8 heteroatoms. The van der Waals surface area contributed by atoms with E-state index in [1.807, 2.05) is 12.3 Å². The van der Waals surface area contributed by atoms with Crippen LogP contribution in [0.25, 0.3) is 0 Å². The lowest BCUT2D eigenvalue weighted by Crippen LogP contribution is -2.14. The van der Waals surface area contributed by atoms with Gasteiger partial charge in [-0.3, -0.25) is 9.52 Å². The molecule has 24 heavy (non-hydrogen) atoms. The predicted molar refractivity (Wildman–Crippen MR) is 96.3 cm³/mol. The summed E-state index contributed by atoms with van der Waals surface area (Å²) in [5.74, 6) is 0.00171. The summed E-state index contributed by atoms with van der Waals surface area (Å²) in [6.45, 7) is 1.37. The van der Waals surface area contributed by atoms with Crippen molar-refractivity contribution in [2.45, 2.75) is 16.7 Å². The van der Waals surface area contributed by atoms with Crippen LogP contribution < -0.4 is 14.8 Å². The van der Waals surface area contributed by atoms with Gasteiger partial charge in [0.25, 0.3) is 10.0 Å². The Labute approximate surface area is 145 Å². The van der Waals surface area contributed by atoms with Crippen molar-refractivity contribution >= 4 is 39.1 Å². The third-order valence-corrected chi connectivity index (χ3v) is 5.22. The fourth-order valence-corrected chi connectivity index (χ4v) is 3.56. The molecule has 0 unspecified atom stereocenters. The van der Waals surface area contributed by atoms with E-state index in [0.29, 0.717) is 11.4 Å². The Hall–Kier alpha value is -2.19. The van der Waals surface area contributed by atoms with Gasteiger partial charge in [0.15, 0.2) is 0 Å². The lowest BCUT2D eigenvalue weighted by Gasteiger charge is -2.13. The van der Waals surface area contributed by atoms with Gasteiger partial charge in [-0.1, -0.05) is 6.07 Å². The summed E-state index contributed by atoms with van der Waals surface area (Å²) in [5.41, 5.74) is 0.889. The molecule has 0 atom stereocenters. The minimum atomic E-state index is -3.77. The van der Waals surface area contributed by atoms with E-state index in [-0.39, 0.29) is 16.6 Å². The first kappa shape index (κ1) is 18.2. The van der Waals surface area contributed by atoms with Gasteiger partial charge in [-0.2, -0.15) is 0 Å². The van der Waals surface area contributed by atoms with Gasteiger partial charge in [-0.25, -0.2) is 8.42 Å². The van der Waals surface area contributed by atoms with Crippen LogP contribution in [-0.2, 0) is 14.8 Å². The topological polar surface area (TPSA) is 84.5 Å². The minimum Gasteiger partial charge on any atom is -0.495 e. The van der Waals surface area contributed by atoms with Crippen molar-refractivity contribution in [3.05, 3.63) is 42.5 Å². The zero-order chi connectivity index (χ0) is 17.7. The molecular weight excluding hydrogens is 348 g/mol. The Bertz CT molecular complexity index is 851. The third-order valence-electron chi connectivity index (χ3n) is 3.12. The molecular formula is C16H18N2O4S2. The highest BCUT2D eigenvalue weighted by atomic mass is 32.2. The Morgan fingerprint density at radius 2 is 1.92 bits per heavy atom. The van der Waals surface area contributed by atoms with Crippen LogP contribution in [-0.4, -0.2) is 27.7 Å². The maximum atomic E-state index is 12.5. The molecule has 0 radical (unpaired) electrons. The van der Waals surface area contributed by atoms with Gasteiger partial charge < -0.3 is 10.1 Å². The Morgan fingerprint density at radius 3 is 2.54 bits per heavy atom. The number of hydrogen-bond acceptors (Lipinski definition) is 5. The van der Waals surface area contributed by atoms with Crippen LogP contribution in [0.1, 0.15) is 6.92 Å². The molecule has 1 amide bonds. The fourth-order valence-electron chi connectivity index (χ4n) is 2.03. The normalized spacial score (nSPS) is 11.0. The van der Waals surface area contributed by atoms with Crippen molar-refractivity contribution in [3.63, 3.8) is 0 Å². The van der Waals surface area contributed by atoms with E-state index in [4.69, 9.17) is 4.74 Å². The van der Waals surface area contributed by atoms with Crippen LogP contribution in [0.4, 0.5) is 11.4 Å². The average Bonchev–Trinajstić information content (AvgIpc) is 2.54. The molecule has 0 aliphatic rings. The van der Waals surface area contributed by atoms with Crippen molar-refractivity contribution in [2.24, 2.45) is 0 Å². The van der Waals surface area contributed by atoms with E-state index in [9.17, 15) is 13.2 Å². The van der Waals surface area contributed by atoms with Crippen molar-refractivity contribution in [1.82, 2.24) is 0 Å². The molecule has 0 aromatic heterocycles. The van der Waals surface area contributed by atoms with E-state index in [1.165, 1.54) is 44.0 Å². The second kappa shape index (κ2) is 7.59. The number of rotatable bonds is 6. The van der Waals surface area contributed by atoms with Crippen molar-refractivity contribution in [1.29, 1.82) is 0 Å². The Kier molecular flexibility index (Phi) is 5.74. The second-order valence-electron chi connectivity index (χ2n) is 4.88. The molecule has 0 spiro atoms. The first-order valence-electron chi connectivity index (χ1n) is 6.98.